The molecule has 1 atom stereocenters. The summed E-state index contributed by atoms with van der Waals surface area (Å²) < 4.78 is 16.3. The first-order chi connectivity index (χ1) is 3.30. The molecule has 1 unspecified atom stereocenters. The Kier molecular flexibility index (Phi) is 1.06. The molecular weight excluding hydrogens is 99.0 g/mol. The lowest BCUT2D eigenvalue weighted by Gasteiger charge is -1.84. The number of ketones is 1. The van der Waals surface area contributed by atoms with Crippen LogP contribution in [0.3, 0.4) is 0 Å². The first kappa shape index (κ1) is 4.71. The Balaban J connectivity index is 2.48. The molecule has 0 bridgehead atoms. The van der Waals surface area contributed by atoms with Crippen LogP contribution in [0.2, 0.25) is 0 Å². The van der Waals surface area contributed by atoms with Crippen molar-refractivity contribution in [1.29, 1.82) is 0 Å². The maximum Gasteiger partial charge on any atom is 0.194 e. The number of hydrogen-bond donors (Lipinski definition) is 0. The van der Waals surface area contributed by atoms with Crippen molar-refractivity contribution in [3.8, 4) is 0 Å². The van der Waals surface area contributed by atoms with E-state index in [4.69, 9.17) is 0 Å². The summed E-state index contributed by atoms with van der Waals surface area (Å²) in [6, 6.07) is 0. The Labute approximate surface area is 40.3 Å². The lowest BCUT2D eigenvalue weighted by atomic mass is 10.3. The van der Waals surface area contributed by atoms with Crippen LogP contribution in [0.25, 0.3) is 0 Å². The van der Waals surface area contributed by atoms with Crippen LogP contribution in [0.4, 0.5) is 4.39 Å². The normalized spacial score (nSPS) is 31.6. The van der Waals surface area contributed by atoms with Gasteiger partial charge in [-0.05, 0) is 0 Å². The molecule has 1 aliphatic rings. The van der Waals surface area contributed by atoms with E-state index >= 15 is 0 Å². The minimum absolute atomic E-state index is 0.0405. The van der Waals surface area contributed by atoms with Crippen LogP contribution < -0.4 is 0 Å². The lowest BCUT2D eigenvalue weighted by Crippen LogP contribution is -2.10. The first-order valence-corrected chi connectivity index (χ1v) is 2.05. The molecular formula is C4H5FO2. The average molecular weight is 104 g/mol. The topological polar surface area (TPSA) is 26.3 Å². The third-order valence-corrected chi connectivity index (χ3v) is 0.858. The van der Waals surface area contributed by atoms with Crippen LogP contribution in [0.1, 0.15) is 0 Å². The second-order valence-corrected chi connectivity index (χ2v) is 1.45. The fourth-order valence-electron chi connectivity index (χ4n) is 0.446. The van der Waals surface area contributed by atoms with Crippen molar-refractivity contribution in [1.82, 2.24) is 0 Å². The molecule has 0 aromatic rings. The minimum atomic E-state index is -1.35. The second-order valence-electron chi connectivity index (χ2n) is 1.45. The van der Waals surface area contributed by atoms with Crippen LogP contribution in [0.15, 0.2) is 0 Å². The zero-order valence-electron chi connectivity index (χ0n) is 3.69. The minimum Gasteiger partial charge on any atom is -0.370 e. The van der Waals surface area contributed by atoms with E-state index < -0.39 is 12.0 Å². The molecule has 3 heteroatoms. The SMILES string of the molecule is O=C1COCC1F. The fraction of sp³-hybridized carbons (Fsp3) is 0.750. The van der Waals surface area contributed by atoms with Gasteiger partial charge in [0, 0.05) is 0 Å². The van der Waals surface area contributed by atoms with E-state index in [-0.39, 0.29) is 13.2 Å². The first-order valence-electron chi connectivity index (χ1n) is 2.05. The maximum atomic E-state index is 11.8. The van der Waals surface area contributed by atoms with E-state index in [0.717, 1.165) is 0 Å². The highest BCUT2D eigenvalue weighted by molar-refractivity contribution is 5.85. The van der Waals surface area contributed by atoms with E-state index in [2.05, 4.69) is 4.74 Å². The summed E-state index contributed by atoms with van der Waals surface area (Å²) >= 11 is 0. The summed E-state index contributed by atoms with van der Waals surface area (Å²) in [7, 11) is 0. The summed E-state index contributed by atoms with van der Waals surface area (Å²) in [6.07, 6.45) is -1.35. The Morgan fingerprint density at radius 3 is 2.71 bits per heavy atom. The molecule has 0 aromatic heterocycles. The molecule has 1 saturated heterocycles. The van der Waals surface area contributed by atoms with Gasteiger partial charge in [0.2, 0.25) is 0 Å². The van der Waals surface area contributed by atoms with Gasteiger partial charge in [-0.1, -0.05) is 0 Å². The quantitative estimate of drug-likeness (QED) is 0.429. The number of rotatable bonds is 0. The molecule has 0 saturated carbocycles. The van der Waals surface area contributed by atoms with Crippen LogP contribution in [-0.4, -0.2) is 25.2 Å². The third-order valence-electron chi connectivity index (χ3n) is 0.858. The van der Waals surface area contributed by atoms with Gasteiger partial charge in [0.25, 0.3) is 0 Å². The molecule has 0 aromatic carbocycles. The van der Waals surface area contributed by atoms with Gasteiger partial charge in [-0.25, -0.2) is 4.39 Å². The molecule has 0 amide bonds. The molecule has 1 heterocycles. The summed E-state index contributed by atoms with van der Waals surface area (Å²) in [5.74, 6) is -0.431. The zero-order chi connectivity index (χ0) is 5.28. The largest absolute Gasteiger partial charge is 0.370 e. The standard InChI is InChI=1S/C4H5FO2/c5-3-1-7-2-4(3)6/h3H,1-2H2. The van der Waals surface area contributed by atoms with Crippen molar-refractivity contribution in [2.75, 3.05) is 13.2 Å². The van der Waals surface area contributed by atoms with Crippen molar-refractivity contribution in [2.45, 2.75) is 6.17 Å². The molecule has 0 spiro atoms. The van der Waals surface area contributed by atoms with Crippen molar-refractivity contribution in [2.24, 2.45) is 0 Å². The number of halogens is 1. The number of ether oxygens (including phenoxy) is 1. The van der Waals surface area contributed by atoms with Gasteiger partial charge in [0.15, 0.2) is 12.0 Å². The number of hydrogen-bond acceptors (Lipinski definition) is 2. The molecule has 7 heavy (non-hydrogen) atoms. The molecule has 0 N–H and O–H groups in total. The van der Waals surface area contributed by atoms with Crippen molar-refractivity contribution in [3.63, 3.8) is 0 Å². The average Bonchev–Trinajstić information content (AvgIpc) is 1.91. The number of Topliss-reactive ketones (excluding diaryl/α,β-unsaturated/α-hetero) is 1. The van der Waals surface area contributed by atoms with Gasteiger partial charge < -0.3 is 4.74 Å². The number of alkyl halides is 1. The molecule has 1 aliphatic heterocycles. The molecule has 1 fully saturated rings. The summed E-state index contributed by atoms with van der Waals surface area (Å²) in [6.45, 7) is -0.0833. The van der Waals surface area contributed by atoms with E-state index in [0.29, 0.717) is 0 Å². The molecule has 40 valence electrons. The van der Waals surface area contributed by atoms with E-state index in [1.807, 2.05) is 0 Å². The second kappa shape index (κ2) is 1.58. The van der Waals surface area contributed by atoms with Crippen molar-refractivity contribution >= 4 is 5.78 Å². The van der Waals surface area contributed by atoms with Gasteiger partial charge in [-0.2, -0.15) is 0 Å². The predicted molar refractivity (Wildman–Crippen MR) is 20.7 cm³/mol. The monoisotopic (exact) mass is 104 g/mol. The highest BCUT2D eigenvalue weighted by Gasteiger charge is 2.23. The Hall–Kier alpha value is -0.440. The van der Waals surface area contributed by atoms with Crippen LogP contribution >= 0.6 is 0 Å². The van der Waals surface area contributed by atoms with Crippen LogP contribution in [-0.2, 0) is 9.53 Å². The Bertz CT molecular complexity index is 91.7. The maximum absolute atomic E-state index is 11.8. The molecule has 1 rings (SSSR count). The molecule has 0 aliphatic carbocycles. The van der Waals surface area contributed by atoms with E-state index in [1.165, 1.54) is 0 Å². The number of carbonyl (C=O) groups excluding carboxylic acids is 1. The van der Waals surface area contributed by atoms with Gasteiger partial charge in [-0.15, -0.1) is 0 Å². The molecule has 0 radical (unpaired) electrons. The Morgan fingerprint density at radius 2 is 2.57 bits per heavy atom. The Morgan fingerprint density at radius 1 is 1.86 bits per heavy atom. The van der Waals surface area contributed by atoms with Gasteiger partial charge in [-0.3, -0.25) is 4.79 Å². The predicted octanol–water partition coefficient (Wildman–Crippen LogP) is -0.0762. The summed E-state index contributed by atoms with van der Waals surface area (Å²) in [4.78, 5) is 10.1. The van der Waals surface area contributed by atoms with Gasteiger partial charge in [0.05, 0.1) is 6.61 Å². The molecule has 2 nitrogen and oxygen atoms in total. The fourth-order valence-corrected chi connectivity index (χ4v) is 0.446. The van der Waals surface area contributed by atoms with Crippen LogP contribution in [0, 0.1) is 0 Å². The lowest BCUT2D eigenvalue weighted by molar-refractivity contribution is -0.121. The number of carbonyl (C=O) groups is 1. The zero-order valence-corrected chi connectivity index (χ0v) is 3.69. The van der Waals surface area contributed by atoms with Gasteiger partial charge >= 0.3 is 0 Å². The highest BCUT2D eigenvalue weighted by Crippen LogP contribution is 2.01. The van der Waals surface area contributed by atoms with E-state index in [1.54, 1.807) is 0 Å². The van der Waals surface area contributed by atoms with Gasteiger partial charge in [0.1, 0.15) is 6.61 Å². The summed E-state index contributed by atoms with van der Waals surface area (Å²) in [5.41, 5.74) is 0. The highest BCUT2D eigenvalue weighted by atomic mass is 19.1. The van der Waals surface area contributed by atoms with Crippen LogP contribution in [0.5, 0.6) is 0 Å². The van der Waals surface area contributed by atoms with Crippen molar-refractivity contribution < 1.29 is 13.9 Å². The van der Waals surface area contributed by atoms with Crippen molar-refractivity contribution in [3.05, 3.63) is 0 Å². The third kappa shape index (κ3) is 0.771. The smallest absolute Gasteiger partial charge is 0.194 e. The summed E-state index contributed by atoms with van der Waals surface area (Å²) in [5, 5.41) is 0. The van der Waals surface area contributed by atoms with E-state index in [9.17, 15) is 9.18 Å².